The number of allylic oxidation sites excluding steroid dienone is 2. The maximum Gasteiger partial charge on any atom is 0.341 e. The highest BCUT2D eigenvalue weighted by Gasteiger charge is 2.38. The van der Waals surface area contributed by atoms with Crippen LogP contribution in [0, 0.1) is 17.8 Å². The van der Waals surface area contributed by atoms with Gasteiger partial charge in [0.15, 0.2) is 0 Å². The normalized spacial score (nSPS) is 24.1. The number of carboxylic acid groups (broad SMARTS) is 1. The van der Waals surface area contributed by atoms with Gasteiger partial charge in [-0.2, -0.15) is 0 Å². The maximum absolute atomic E-state index is 13.1. The highest BCUT2D eigenvalue weighted by molar-refractivity contribution is 7.17. The zero-order valence-electron chi connectivity index (χ0n) is 17.5. The molecule has 0 unspecified atom stereocenters. The molecule has 3 atom stereocenters. The van der Waals surface area contributed by atoms with E-state index in [1.807, 2.05) is 13.8 Å². The summed E-state index contributed by atoms with van der Waals surface area (Å²) in [7, 11) is 0. The Hall–Kier alpha value is -2.15. The van der Waals surface area contributed by atoms with E-state index in [-0.39, 0.29) is 12.5 Å². The molecule has 1 aromatic heterocycles. The van der Waals surface area contributed by atoms with Gasteiger partial charge in [0.2, 0.25) is 5.91 Å². The van der Waals surface area contributed by atoms with Crippen LogP contribution in [0.3, 0.4) is 0 Å². The molecule has 0 fully saturated rings. The summed E-state index contributed by atoms with van der Waals surface area (Å²) in [5, 5.41) is 13.0. The largest absolute Gasteiger partial charge is 0.481 e. The number of carboxylic acids is 1. The van der Waals surface area contributed by atoms with Crippen molar-refractivity contribution in [1.29, 1.82) is 0 Å². The predicted octanol–water partition coefficient (Wildman–Crippen LogP) is 4.44. The summed E-state index contributed by atoms with van der Waals surface area (Å²) >= 11 is 1.43. The van der Waals surface area contributed by atoms with Gasteiger partial charge in [0.25, 0.3) is 0 Å². The summed E-state index contributed by atoms with van der Waals surface area (Å²) in [6.45, 7) is 8.08. The van der Waals surface area contributed by atoms with Gasteiger partial charge in [0.05, 0.1) is 24.0 Å². The zero-order valence-corrected chi connectivity index (χ0v) is 18.3. The lowest BCUT2D eigenvalue weighted by Gasteiger charge is -2.29. The first-order chi connectivity index (χ1) is 13.7. The van der Waals surface area contributed by atoms with Crippen LogP contribution in [-0.4, -0.2) is 29.6 Å². The first-order valence-corrected chi connectivity index (χ1v) is 11.0. The lowest BCUT2D eigenvalue weighted by Crippen LogP contribution is -2.36. The highest BCUT2D eigenvalue weighted by atomic mass is 32.1. The van der Waals surface area contributed by atoms with Crippen molar-refractivity contribution in [3.8, 4) is 0 Å². The zero-order chi connectivity index (χ0) is 21.3. The van der Waals surface area contributed by atoms with Gasteiger partial charge < -0.3 is 15.2 Å². The lowest BCUT2D eigenvalue weighted by molar-refractivity contribution is -0.146. The number of esters is 1. The van der Waals surface area contributed by atoms with Crippen LogP contribution in [0.2, 0.25) is 0 Å². The summed E-state index contributed by atoms with van der Waals surface area (Å²) in [6, 6.07) is 0. The van der Waals surface area contributed by atoms with Gasteiger partial charge in [-0.3, -0.25) is 9.59 Å². The summed E-state index contributed by atoms with van der Waals surface area (Å²) in [5.41, 5.74) is 3.53. The number of thiophene rings is 1. The summed E-state index contributed by atoms with van der Waals surface area (Å²) in [6.07, 6.45) is 3.47. The number of fused-ring (bicyclic) bond motifs is 1. The van der Waals surface area contributed by atoms with Gasteiger partial charge in [-0.05, 0) is 64.4 Å². The van der Waals surface area contributed by atoms with Crippen LogP contribution in [-0.2, 0) is 27.2 Å². The molecule has 1 amide bonds. The Morgan fingerprint density at radius 2 is 1.79 bits per heavy atom. The Morgan fingerprint density at radius 3 is 2.41 bits per heavy atom. The van der Waals surface area contributed by atoms with Crippen molar-refractivity contribution in [2.45, 2.75) is 59.8 Å². The fourth-order valence-corrected chi connectivity index (χ4v) is 5.69. The molecule has 29 heavy (non-hydrogen) atoms. The highest BCUT2D eigenvalue weighted by Crippen LogP contribution is 2.41. The summed E-state index contributed by atoms with van der Waals surface area (Å²) in [4.78, 5) is 38.6. The number of hydrogen-bond acceptors (Lipinski definition) is 5. The predicted molar refractivity (Wildman–Crippen MR) is 112 cm³/mol. The van der Waals surface area contributed by atoms with E-state index >= 15 is 0 Å². The fraction of sp³-hybridized carbons (Fsp3) is 0.591. The molecule has 7 heteroatoms. The van der Waals surface area contributed by atoms with E-state index in [0.717, 1.165) is 40.8 Å². The topological polar surface area (TPSA) is 92.7 Å². The molecule has 1 heterocycles. The van der Waals surface area contributed by atoms with Crippen LogP contribution in [0.4, 0.5) is 5.00 Å². The molecule has 2 aliphatic carbocycles. The van der Waals surface area contributed by atoms with Crippen LogP contribution in [0.1, 0.15) is 67.8 Å². The number of hydrogen-bond donors (Lipinski definition) is 2. The van der Waals surface area contributed by atoms with Crippen molar-refractivity contribution < 1.29 is 24.2 Å². The third kappa shape index (κ3) is 4.39. The van der Waals surface area contributed by atoms with Gasteiger partial charge in [0, 0.05) is 4.88 Å². The monoisotopic (exact) mass is 419 g/mol. The number of rotatable bonds is 5. The van der Waals surface area contributed by atoms with E-state index < -0.39 is 23.8 Å². The van der Waals surface area contributed by atoms with Crippen LogP contribution in [0.15, 0.2) is 11.1 Å². The molecule has 1 aromatic rings. The van der Waals surface area contributed by atoms with E-state index in [2.05, 4.69) is 12.2 Å². The second-order valence-corrected chi connectivity index (χ2v) is 9.39. The molecule has 0 spiro atoms. The molecule has 0 bridgehead atoms. The molecule has 3 rings (SSSR count). The van der Waals surface area contributed by atoms with E-state index in [1.54, 1.807) is 6.92 Å². The third-order valence-corrected chi connectivity index (χ3v) is 7.32. The minimum Gasteiger partial charge on any atom is -0.481 e. The quantitative estimate of drug-likeness (QED) is 0.544. The third-order valence-electron chi connectivity index (χ3n) is 6.15. The molecule has 0 aliphatic heterocycles. The average Bonchev–Trinajstić information content (AvgIpc) is 3.00. The minimum atomic E-state index is -0.957. The summed E-state index contributed by atoms with van der Waals surface area (Å²) in [5.74, 6) is -2.57. The number of nitrogens with one attached hydrogen (secondary N) is 1. The van der Waals surface area contributed by atoms with E-state index in [0.29, 0.717) is 29.3 Å². The van der Waals surface area contributed by atoms with Crippen LogP contribution >= 0.6 is 11.3 Å². The number of carbonyl (C=O) groups is 3. The molecule has 0 saturated heterocycles. The van der Waals surface area contributed by atoms with Gasteiger partial charge in [0.1, 0.15) is 5.00 Å². The number of aliphatic carboxylic acids is 1. The molecule has 0 saturated carbocycles. The number of carbonyl (C=O) groups excluding carboxylic acids is 2. The SMILES string of the molecule is CCOC(=O)c1c(NC(=O)[C@H]2CC(C)=C(C)C[C@H]2C(=O)O)sc2c1CC[C@@H](C)C2. The van der Waals surface area contributed by atoms with Gasteiger partial charge >= 0.3 is 11.9 Å². The van der Waals surface area contributed by atoms with Crippen molar-refractivity contribution in [3.63, 3.8) is 0 Å². The number of amides is 1. The molecule has 6 nitrogen and oxygen atoms in total. The Labute approximate surface area is 175 Å². The first kappa shape index (κ1) is 21.6. The Bertz CT molecular complexity index is 869. The van der Waals surface area contributed by atoms with Crippen LogP contribution < -0.4 is 5.32 Å². The first-order valence-electron chi connectivity index (χ1n) is 10.2. The Kier molecular flexibility index (Phi) is 6.46. The molecular weight excluding hydrogens is 390 g/mol. The molecule has 158 valence electrons. The minimum absolute atomic E-state index is 0.264. The van der Waals surface area contributed by atoms with Gasteiger partial charge in [-0.1, -0.05) is 18.1 Å². The van der Waals surface area contributed by atoms with Crippen molar-refractivity contribution >= 4 is 34.2 Å². The average molecular weight is 420 g/mol. The van der Waals surface area contributed by atoms with Crippen LogP contribution in [0.5, 0.6) is 0 Å². The lowest BCUT2D eigenvalue weighted by atomic mass is 9.76. The molecular formula is C22H29NO5S. The second-order valence-electron chi connectivity index (χ2n) is 8.29. The van der Waals surface area contributed by atoms with Gasteiger partial charge in [-0.25, -0.2) is 4.79 Å². The maximum atomic E-state index is 13.1. The Balaban J connectivity index is 1.91. The van der Waals surface area contributed by atoms with Crippen LogP contribution in [0.25, 0.3) is 0 Å². The van der Waals surface area contributed by atoms with Crippen molar-refractivity contribution in [2.24, 2.45) is 17.8 Å². The van der Waals surface area contributed by atoms with Crippen molar-refractivity contribution in [2.75, 3.05) is 11.9 Å². The van der Waals surface area contributed by atoms with E-state index in [4.69, 9.17) is 4.74 Å². The molecule has 2 N–H and O–H groups in total. The Morgan fingerprint density at radius 1 is 1.14 bits per heavy atom. The molecule has 0 aromatic carbocycles. The number of ether oxygens (including phenoxy) is 1. The smallest absolute Gasteiger partial charge is 0.341 e. The molecule has 2 aliphatic rings. The second kappa shape index (κ2) is 8.69. The fourth-order valence-electron chi connectivity index (χ4n) is 4.29. The van der Waals surface area contributed by atoms with Gasteiger partial charge in [-0.15, -0.1) is 11.3 Å². The van der Waals surface area contributed by atoms with E-state index in [1.165, 1.54) is 11.3 Å². The summed E-state index contributed by atoms with van der Waals surface area (Å²) < 4.78 is 5.25. The van der Waals surface area contributed by atoms with Crippen molar-refractivity contribution in [3.05, 3.63) is 27.2 Å². The molecule has 0 radical (unpaired) electrons. The number of anilines is 1. The van der Waals surface area contributed by atoms with E-state index in [9.17, 15) is 19.5 Å². The van der Waals surface area contributed by atoms with Crippen molar-refractivity contribution in [1.82, 2.24) is 0 Å². The standard InChI is InChI=1S/C22H29NO5S/c1-5-28-22(27)18-14-7-6-11(2)8-17(14)29-20(18)23-19(24)15-9-12(3)13(4)10-16(15)21(25)26/h11,15-16H,5-10H2,1-4H3,(H,23,24)(H,25,26)/t11-,15+,16-/m1/s1.